The van der Waals surface area contributed by atoms with Gasteiger partial charge in [0.15, 0.2) is 0 Å². The Morgan fingerprint density at radius 3 is 1.69 bits per heavy atom. The normalized spacial score (nSPS) is 12.2. The van der Waals surface area contributed by atoms with Gasteiger partial charge in [-0.25, -0.2) is 0 Å². The topological polar surface area (TPSA) is 9.86 Å². The van der Waals surface area contributed by atoms with Gasteiger partial charge >= 0.3 is 0 Å². The molecule has 2 heteroatoms. The van der Waals surface area contributed by atoms with Crippen molar-refractivity contribution in [3.05, 3.63) is 193 Å². The molecular formula is C49H32N2. The van der Waals surface area contributed by atoms with Gasteiger partial charge < -0.3 is 9.13 Å². The Kier molecular flexibility index (Phi) is 6.05. The zero-order chi connectivity index (χ0) is 33.5. The molecular weight excluding hydrogens is 617 g/mol. The minimum absolute atomic E-state index is 0.981. The maximum absolute atomic E-state index is 2.44. The van der Waals surface area contributed by atoms with Crippen LogP contribution in [0.3, 0.4) is 0 Å². The van der Waals surface area contributed by atoms with Crippen LogP contribution in [0.15, 0.2) is 182 Å². The average Bonchev–Trinajstić information content (AvgIpc) is 3.85. The predicted octanol–water partition coefficient (Wildman–Crippen LogP) is 12.8. The zero-order valence-corrected chi connectivity index (χ0v) is 27.9. The van der Waals surface area contributed by atoms with Crippen molar-refractivity contribution in [1.82, 2.24) is 9.13 Å². The molecule has 0 unspecified atom stereocenters. The minimum atomic E-state index is 0.981. The average molecular weight is 649 g/mol. The van der Waals surface area contributed by atoms with Gasteiger partial charge in [0, 0.05) is 32.9 Å². The van der Waals surface area contributed by atoms with Gasteiger partial charge in [0.05, 0.1) is 22.1 Å². The van der Waals surface area contributed by atoms with Crippen LogP contribution in [-0.2, 0) is 6.42 Å². The van der Waals surface area contributed by atoms with Crippen LogP contribution >= 0.6 is 0 Å². The molecule has 8 aromatic carbocycles. The van der Waals surface area contributed by atoms with E-state index in [-0.39, 0.29) is 0 Å². The SMILES string of the molecule is c1ccc(-c2ccc(-n3c4ccccc4c4cc(-c5ccc6c(c5)c5c7c(ccc5n6-c5ccccc5)Cc5ccccc5-7)ccc43)cc2)cc1. The number of hydrogen-bond acceptors (Lipinski definition) is 0. The Bertz CT molecular complexity index is 2960. The lowest BCUT2D eigenvalue weighted by Gasteiger charge is -2.10. The van der Waals surface area contributed by atoms with E-state index >= 15 is 0 Å². The number of nitrogens with zero attached hydrogens (tertiary/aromatic N) is 2. The third-order valence-corrected chi connectivity index (χ3v) is 10.9. The van der Waals surface area contributed by atoms with Crippen molar-refractivity contribution in [2.45, 2.75) is 6.42 Å². The van der Waals surface area contributed by atoms with E-state index in [1.54, 1.807) is 0 Å². The van der Waals surface area contributed by atoms with Gasteiger partial charge in [-0.1, -0.05) is 121 Å². The highest BCUT2D eigenvalue weighted by Crippen LogP contribution is 2.46. The Morgan fingerprint density at radius 2 is 0.882 bits per heavy atom. The van der Waals surface area contributed by atoms with E-state index in [0.717, 1.165) is 12.1 Å². The second kappa shape index (κ2) is 10.9. The Balaban J connectivity index is 1.11. The van der Waals surface area contributed by atoms with E-state index in [0.29, 0.717) is 0 Å². The van der Waals surface area contributed by atoms with Crippen molar-refractivity contribution in [3.8, 4) is 44.8 Å². The second-order valence-electron chi connectivity index (χ2n) is 13.7. The maximum atomic E-state index is 2.44. The Hall–Kier alpha value is -6.64. The molecule has 0 amide bonds. The highest BCUT2D eigenvalue weighted by molar-refractivity contribution is 6.18. The molecule has 2 nitrogen and oxygen atoms in total. The number of aromatic nitrogens is 2. The van der Waals surface area contributed by atoms with Crippen molar-refractivity contribution >= 4 is 43.6 Å². The molecule has 0 atom stereocenters. The molecule has 0 saturated heterocycles. The fourth-order valence-corrected chi connectivity index (χ4v) is 8.63. The summed E-state index contributed by atoms with van der Waals surface area (Å²) in [5, 5.41) is 5.16. The van der Waals surface area contributed by atoms with Gasteiger partial charge in [0.2, 0.25) is 0 Å². The maximum Gasteiger partial charge on any atom is 0.0547 e. The van der Waals surface area contributed by atoms with E-state index in [2.05, 4.69) is 191 Å². The van der Waals surface area contributed by atoms with Crippen LogP contribution in [-0.4, -0.2) is 9.13 Å². The molecule has 10 aromatic rings. The summed E-state index contributed by atoms with van der Waals surface area (Å²) in [5.41, 5.74) is 17.7. The summed E-state index contributed by atoms with van der Waals surface area (Å²) in [7, 11) is 0. The quantitative estimate of drug-likeness (QED) is 0.180. The molecule has 0 bridgehead atoms. The van der Waals surface area contributed by atoms with Gasteiger partial charge in [-0.2, -0.15) is 0 Å². The van der Waals surface area contributed by atoms with Crippen molar-refractivity contribution in [1.29, 1.82) is 0 Å². The summed E-state index contributed by atoms with van der Waals surface area (Å²) in [6.45, 7) is 0. The lowest BCUT2D eigenvalue weighted by molar-refractivity contribution is 1.18. The van der Waals surface area contributed by atoms with Crippen molar-refractivity contribution in [3.63, 3.8) is 0 Å². The lowest BCUT2D eigenvalue weighted by atomic mass is 9.96. The molecule has 2 heterocycles. The molecule has 1 aliphatic carbocycles. The summed E-state index contributed by atoms with van der Waals surface area (Å²) in [4.78, 5) is 0. The van der Waals surface area contributed by atoms with E-state index in [9.17, 15) is 0 Å². The fraction of sp³-hybridized carbons (Fsp3) is 0.0204. The number of para-hydroxylation sites is 2. The summed E-state index contributed by atoms with van der Waals surface area (Å²) in [6, 6.07) is 66.8. The lowest BCUT2D eigenvalue weighted by Crippen LogP contribution is -1.94. The number of hydrogen-bond donors (Lipinski definition) is 0. The largest absolute Gasteiger partial charge is 0.309 e. The third-order valence-electron chi connectivity index (χ3n) is 10.9. The van der Waals surface area contributed by atoms with Gasteiger partial charge in [-0.3, -0.25) is 0 Å². The highest BCUT2D eigenvalue weighted by atomic mass is 15.0. The number of benzene rings is 8. The molecule has 0 aliphatic heterocycles. The molecule has 11 rings (SSSR count). The van der Waals surface area contributed by atoms with Crippen LogP contribution < -0.4 is 0 Å². The van der Waals surface area contributed by atoms with Gasteiger partial charge in [-0.05, 0) is 112 Å². The second-order valence-corrected chi connectivity index (χ2v) is 13.7. The summed E-state index contributed by atoms with van der Waals surface area (Å²) in [6.07, 6.45) is 0.981. The molecule has 0 spiro atoms. The number of fused-ring (bicyclic) bond motifs is 10. The van der Waals surface area contributed by atoms with Crippen molar-refractivity contribution < 1.29 is 0 Å². The van der Waals surface area contributed by atoms with E-state index in [1.165, 1.54) is 93.8 Å². The van der Waals surface area contributed by atoms with E-state index < -0.39 is 0 Å². The minimum Gasteiger partial charge on any atom is -0.309 e. The molecule has 2 aromatic heterocycles. The first kappa shape index (κ1) is 28.2. The Morgan fingerprint density at radius 1 is 0.333 bits per heavy atom. The van der Waals surface area contributed by atoms with E-state index in [1.807, 2.05) is 0 Å². The van der Waals surface area contributed by atoms with Crippen LogP contribution in [0.5, 0.6) is 0 Å². The van der Waals surface area contributed by atoms with Gasteiger partial charge in [0.1, 0.15) is 0 Å². The van der Waals surface area contributed by atoms with Crippen LogP contribution in [0, 0.1) is 0 Å². The molecule has 0 fully saturated rings. The van der Waals surface area contributed by atoms with E-state index in [4.69, 9.17) is 0 Å². The van der Waals surface area contributed by atoms with Gasteiger partial charge in [0.25, 0.3) is 0 Å². The highest BCUT2D eigenvalue weighted by Gasteiger charge is 2.25. The summed E-state index contributed by atoms with van der Waals surface area (Å²) < 4.78 is 4.84. The van der Waals surface area contributed by atoms with Crippen molar-refractivity contribution in [2.75, 3.05) is 0 Å². The molecule has 51 heavy (non-hydrogen) atoms. The predicted molar refractivity (Wildman–Crippen MR) is 214 cm³/mol. The first-order valence-corrected chi connectivity index (χ1v) is 17.7. The fourth-order valence-electron chi connectivity index (χ4n) is 8.63. The smallest absolute Gasteiger partial charge is 0.0547 e. The number of rotatable bonds is 4. The monoisotopic (exact) mass is 648 g/mol. The van der Waals surface area contributed by atoms with Crippen LogP contribution in [0.2, 0.25) is 0 Å². The first-order valence-electron chi connectivity index (χ1n) is 17.7. The van der Waals surface area contributed by atoms with Crippen LogP contribution in [0.25, 0.3) is 88.4 Å². The first-order chi connectivity index (χ1) is 25.3. The molecule has 0 saturated carbocycles. The molecule has 0 radical (unpaired) electrons. The summed E-state index contributed by atoms with van der Waals surface area (Å²) in [5.74, 6) is 0. The van der Waals surface area contributed by atoms with Gasteiger partial charge in [-0.15, -0.1) is 0 Å². The molecule has 238 valence electrons. The Labute approximate surface area is 296 Å². The summed E-state index contributed by atoms with van der Waals surface area (Å²) >= 11 is 0. The molecule has 1 aliphatic rings. The third kappa shape index (κ3) is 4.23. The van der Waals surface area contributed by atoms with Crippen LogP contribution in [0.4, 0.5) is 0 Å². The standard InChI is InChI=1S/C49H32N2/c1-3-11-32(12-4-1)33-19-24-39(25-20-33)50-44-18-10-9-17-41(44)42-30-34(21-26-45(42)50)35-22-27-46-43(31-35)49-47(51(46)38-14-5-2-6-15-38)28-23-37-29-36-13-7-8-16-40(36)48(37)49/h1-28,30-31H,29H2. The zero-order valence-electron chi connectivity index (χ0n) is 27.9. The van der Waals surface area contributed by atoms with Crippen LogP contribution in [0.1, 0.15) is 11.1 Å². The van der Waals surface area contributed by atoms with Crippen molar-refractivity contribution in [2.24, 2.45) is 0 Å². The molecule has 0 N–H and O–H groups in total.